The largest absolute Gasteiger partial charge is 0.493 e. The molecule has 1 saturated heterocycles. The van der Waals surface area contributed by atoms with Gasteiger partial charge in [-0.05, 0) is 31.4 Å². The molecule has 154 valence electrons. The van der Waals surface area contributed by atoms with Crippen molar-refractivity contribution in [1.82, 2.24) is 10.2 Å². The van der Waals surface area contributed by atoms with Crippen molar-refractivity contribution in [3.8, 4) is 5.75 Å². The molecule has 2 aliphatic rings. The van der Waals surface area contributed by atoms with Gasteiger partial charge in [0.05, 0.1) is 25.2 Å². The Morgan fingerprint density at radius 1 is 1.25 bits per heavy atom. The first-order valence-corrected chi connectivity index (χ1v) is 10.3. The summed E-state index contributed by atoms with van der Waals surface area (Å²) in [7, 11) is 0. The SMILES string of the molecule is CC(=O)N1[C@@H](CNC(=O)CCOc2ccccc2)C[C@@]2(C)[C@@H](O)CCCC[C@@H]12. The van der Waals surface area contributed by atoms with Gasteiger partial charge in [0.25, 0.3) is 0 Å². The number of fused-ring (bicyclic) bond motifs is 1. The maximum atomic E-state index is 12.4. The fraction of sp³-hybridized carbons (Fsp3) is 0.636. The molecule has 1 saturated carbocycles. The fourth-order valence-corrected chi connectivity index (χ4v) is 4.89. The number of hydrogen-bond acceptors (Lipinski definition) is 4. The lowest BCUT2D eigenvalue weighted by molar-refractivity contribution is -0.134. The minimum Gasteiger partial charge on any atom is -0.493 e. The van der Waals surface area contributed by atoms with Crippen LogP contribution in [0.5, 0.6) is 5.75 Å². The molecule has 3 rings (SSSR count). The molecule has 1 aliphatic heterocycles. The summed E-state index contributed by atoms with van der Waals surface area (Å²) < 4.78 is 5.57. The molecule has 0 spiro atoms. The summed E-state index contributed by atoms with van der Waals surface area (Å²) >= 11 is 0. The number of carbonyl (C=O) groups is 2. The van der Waals surface area contributed by atoms with Gasteiger partial charge in [0.2, 0.25) is 11.8 Å². The highest BCUT2D eigenvalue weighted by Crippen LogP contribution is 2.48. The number of carbonyl (C=O) groups excluding carboxylic acids is 2. The molecule has 1 heterocycles. The molecule has 2 amide bonds. The van der Waals surface area contributed by atoms with Gasteiger partial charge in [-0.15, -0.1) is 0 Å². The van der Waals surface area contributed by atoms with E-state index in [0.29, 0.717) is 13.2 Å². The van der Waals surface area contributed by atoms with Crippen molar-refractivity contribution >= 4 is 11.8 Å². The van der Waals surface area contributed by atoms with Crippen LogP contribution in [-0.2, 0) is 9.59 Å². The third-order valence-electron chi connectivity index (χ3n) is 6.37. The molecular weight excluding hydrogens is 356 g/mol. The normalized spacial score (nSPS) is 29.7. The van der Waals surface area contributed by atoms with Crippen LogP contribution in [0, 0.1) is 5.41 Å². The van der Waals surface area contributed by atoms with Crippen molar-refractivity contribution in [2.75, 3.05) is 13.2 Å². The summed E-state index contributed by atoms with van der Waals surface area (Å²) in [5.41, 5.74) is -0.298. The number of aliphatic hydroxyl groups excluding tert-OH is 1. The van der Waals surface area contributed by atoms with E-state index in [1.807, 2.05) is 35.2 Å². The van der Waals surface area contributed by atoms with E-state index < -0.39 is 6.10 Å². The lowest BCUT2D eigenvalue weighted by atomic mass is 9.75. The molecule has 1 aliphatic carbocycles. The lowest BCUT2D eigenvalue weighted by Crippen LogP contribution is -2.48. The molecule has 1 aromatic carbocycles. The molecule has 6 heteroatoms. The Balaban J connectivity index is 1.54. The summed E-state index contributed by atoms with van der Waals surface area (Å²) in [5.74, 6) is 0.683. The van der Waals surface area contributed by atoms with E-state index in [-0.39, 0.29) is 35.7 Å². The van der Waals surface area contributed by atoms with E-state index >= 15 is 0 Å². The number of nitrogens with zero attached hydrogens (tertiary/aromatic N) is 1. The van der Waals surface area contributed by atoms with Crippen LogP contribution in [0.15, 0.2) is 30.3 Å². The van der Waals surface area contributed by atoms with E-state index in [9.17, 15) is 14.7 Å². The van der Waals surface area contributed by atoms with Gasteiger partial charge in [0.15, 0.2) is 0 Å². The standard InChI is InChI=1S/C22H32N2O4/c1-16(25)24-17(14-22(2)19(24)10-6-7-11-20(22)26)15-23-21(27)12-13-28-18-8-4-3-5-9-18/h3-5,8-9,17,19-20,26H,6-7,10-15H2,1-2H3,(H,23,27)/t17-,19-,20+,22-/m1/s1. The van der Waals surface area contributed by atoms with Gasteiger partial charge in [-0.2, -0.15) is 0 Å². The number of nitrogens with one attached hydrogen (secondary N) is 1. The highest BCUT2D eigenvalue weighted by Gasteiger charge is 2.53. The zero-order valence-electron chi connectivity index (χ0n) is 16.9. The van der Waals surface area contributed by atoms with Crippen molar-refractivity contribution in [1.29, 1.82) is 0 Å². The van der Waals surface area contributed by atoms with Gasteiger partial charge in [-0.1, -0.05) is 38.0 Å². The van der Waals surface area contributed by atoms with Crippen LogP contribution >= 0.6 is 0 Å². The maximum absolute atomic E-state index is 12.4. The van der Waals surface area contributed by atoms with E-state index in [2.05, 4.69) is 12.2 Å². The summed E-state index contributed by atoms with van der Waals surface area (Å²) in [5, 5.41) is 13.7. The second-order valence-corrected chi connectivity index (χ2v) is 8.32. The minimum absolute atomic E-state index is 0.0227. The number of aliphatic hydroxyl groups is 1. The van der Waals surface area contributed by atoms with Gasteiger partial charge in [0.1, 0.15) is 5.75 Å². The van der Waals surface area contributed by atoms with Gasteiger partial charge in [-0.25, -0.2) is 0 Å². The number of ether oxygens (including phenoxy) is 1. The first-order valence-electron chi connectivity index (χ1n) is 10.3. The highest BCUT2D eigenvalue weighted by molar-refractivity contribution is 5.77. The molecule has 4 atom stereocenters. The molecule has 28 heavy (non-hydrogen) atoms. The van der Waals surface area contributed by atoms with Crippen LogP contribution in [0.25, 0.3) is 0 Å². The average Bonchev–Trinajstić information content (AvgIpc) is 2.89. The number of benzene rings is 1. The number of amides is 2. The Hall–Kier alpha value is -2.08. The quantitative estimate of drug-likeness (QED) is 0.785. The third kappa shape index (κ3) is 4.49. The molecule has 0 radical (unpaired) electrons. The van der Waals surface area contributed by atoms with Crippen LogP contribution in [0.4, 0.5) is 0 Å². The highest BCUT2D eigenvalue weighted by atomic mass is 16.5. The zero-order valence-corrected chi connectivity index (χ0v) is 16.9. The van der Waals surface area contributed by atoms with Crippen molar-refractivity contribution in [3.05, 3.63) is 30.3 Å². The minimum atomic E-state index is -0.401. The summed E-state index contributed by atoms with van der Waals surface area (Å²) in [6, 6.07) is 9.39. The predicted molar refractivity (Wildman–Crippen MR) is 107 cm³/mol. The maximum Gasteiger partial charge on any atom is 0.223 e. The molecule has 0 bridgehead atoms. The molecule has 0 unspecified atom stereocenters. The van der Waals surface area contributed by atoms with E-state index in [0.717, 1.165) is 37.9 Å². The predicted octanol–water partition coefficient (Wildman–Crippen LogP) is 2.50. The van der Waals surface area contributed by atoms with Gasteiger partial charge >= 0.3 is 0 Å². The second kappa shape index (κ2) is 8.95. The van der Waals surface area contributed by atoms with Crippen molar-refractivity contribution < 1.29 is 19.4 Å². The average molecular weight is 389 g/mol. The Morgan fingerprint density at radius 2 is 1.96 bits per heavy atom. The van der Waals surface area contributed by atoms with E-state index in [4.69, 9.17) is 4.74 Å². The third-order valence-corrected chi connectivity index (χ3v) is 6.37. The number of para-hydroxylation sites is 1. The van der Waals surface area contributed by atoms with Crippen LogP contribution < -0.4 is 10.1 Å². The Morgan fingerprint density at radius 3 is 2.68 bits per heavy atom. The van der Waals surface area contributed by atoms with Crippen LogP contribution in [0.3, 0.4) is 0 Å². The number of hydrogen-bond donors (Lipinski definition) is 2. The summed E-state index contributed by atoms with van der Waals surface area (Å²) in [6.45, 7) is 4.42. The smallest absolute Gasteiger partial charge is 0.223 e. The van der Waals surface area contributed by atoms with Crippen molar-refractivity contribution in [2.45, 2.75) is 70.6 Å². The summed E-state index contributed by atoms with van der Waals surface area (Å²) in [4.78, 5) is 26.5. The Labute approximate surface area is 167 Å². The van der Waals surface area contributed by atoms with Crippen LogP contribution in [0.2, 0.25) is 0 Å². The molecule has 2 N–H and O–H groups in total. The molecule has 1 aromatic rings. The van der Waals surface area contributed by atoms with E-state index in [1.54, 1.807) is 6.92 Å². The fourth-order valence-electron chi connectivity index (χ4n) is 4.89. The first-order chi connectivity index (χ1) is 13.4. The van der Waals surface area contributed by atoms with Crippen LogP contribution in [0.1, 0.15) is 52.4 Å². The van der Waals surface area contributed by atoms with Gasteiger partial charge in [-0.3, -0.25) is 9.59 Å². The van der Waals surface area contributed by atoms with Gasteiger partial charge in [0, 0.05) is 24.9 Å². The molecular formula is C22H32N2O4. The Bertz CT molecular complexity index is 680. The monoisotopic (exact) mass is 388 g/mol. The lowest BCUT2D eigenvalue weighted by Gasteiger charge is -2.37. The molecule has 6 nitrogen and oxygen atoms in total. The first kappa shape index (κ1) is 20.6. The molecule has 0 aromatic heterocycles. The van der Waals surface area contributed by atoms with Gasteiger partial charge < -0.3 is 20.1 Å². The summed E-state index contributed by atoms with van der Waals surface area (Å²) in [6.07, 6.45) is 4.32. The van der Waals surface area contributed by atoms with Crippen molar-refractivity contribution in [2.24, 2.45) is 5.41 Å². The number of likely N-dealkylation sites (tertiary alicyclic amines) is 1. The van der Waals surface area contributed by atoms with E-state index in [1.165, 1.54) is 0 Å². The van der Waals surface area contributed by atoms with Crippen LogP contribution in [-0.4, -0.2) is 53.2 Å². The Kier molecular flexibility index (Phi) is 6.60. The topological polar surface area (TPSA) is 78.9 Å². The number of rotatable bonds is 6. The second-order valence-electron chi connectivity index (χ2n) is 8.32. The van der Waals surface area contributed by atoms with Crippen molar-refractivity contribution in [3.63, 3.8) is 0 Å². The molecule has 2 fully saturated rings. The zero-order chi connectivity index (χ0) is 20.1.